The summed E-state index contributed by atoms with van der Waals surface area (Å²) in [7, 11) is 0.361. The number of ether oxygens (including phenoxy) is 2. The lowest BCUT2D eigenvalue weighted by atomic mass is 10.00. The lowest BCUT2D eigenvalue weighted by Crippen LogP contribution is -2.56. The van der Waals surface area contributed by atoms with Crippen LogP contribution in [-0.2, 0) is 20.9 Å². The lowest BCUT2D eigenvalue weighted by molar-refractivity contribution is -0.148. The maximum atomic E-state index is 13.7. The summed E-state index contributed by atoms with van der Waals surface area (Å²) in [6.07, 6.45) is 4.63. The second-order valence-electron chi connectivity index (χ2n) is 11.0. The minimum absolute atomic E-state index is 0.234. The summed E-state index contributed by atoms with van der Waals surface area (Å²) in [6.45, 7) is 12.9. The van der Waals surface area contributed by atoms with Gasteiger partial charge in [-0.1, -0.05) is 43.9 Å². The molecule has 8 heteroatoms. The molecular weight excluding hydrogens is 448 g/mol. The maximum absolute atomic E-state index is 13.7. The van der Waals surface area contributed by atoms with Crippen LogP contribution >= 0.6 is 0 Å². The number of likely N-dealkylation sites (tertiary alicyclic amines) is 1. The maximum Gasteiger partial charge on any atom is 0.417 e. The summed E-state index contributed by atoms with van der Waals surface area (Å²) in [5, 5.41) is 0. The molecule has 1 saturated heterocycles. The van der Waals surface area contributed by atoms with Crippen molar-refractivity contribution < 1.29 is 23.9 Å². The minimum atomic E-state index is -1.25. The highest BCUT2D eigenvalue weighted by Gasteiger charge is 2.41. The van der Waals surface area contributed by atoms with Gasteiger partial charge in [0.2, 0.25) is 11.8 Å². The number of benzene rings is 1. The Bertz CT molecular complexity index is 884. The Labute approximate surface area is 205 Å². The third kappa shape index (κ3) is 8.63. The average molecular weight is 489 g/mol. The number of nitrogens with zero attached hydrogens (tertiary/aromatic N) is 2. The van der Waals surface area contributed by atoms with Gasteiger partial charge in [0.05, 0.1) is 7.11 Å². The van der Waals surface area contributed by atoms with Crippen LogP contribution in [0.3, 0.4) is 0 Å². The highest BCUT2D eigenvalue weighted by molar-refractivity contribution is 6.76. The fourth-order valence-electron chi connectivity index (χ4n) is 3.68. The Kier molecular flexibility index (Phi) is 9.50. The summed E-state index contributed by atoms with van der Waals surface area (Å²) >= 11 is 0. The van der Waals surface area contributed by atoms with Crippen molar-refractivity contribution in [1.29, 1.82) is 0 Å². The van der Waals surface area contributed by atoms with Crippen molar-refractivity contribution in [2.75, 3.05) is 13.7 Å². The average Bonchev–Trinajstić information content (AvgIpc) is 2.73. The van der Waals surface area contributed by atoms with E-state index in [4.69, 9.17) is 9.47 Å². The standard InChI is InChI=1S/C26H40N2O5Si/c1-26(2,3)33-25(31)28-22(11-10-12-23(28)29)24(30)27(17-8-9-18-34(5,6)7)19-20-13-15-21(32-4)16-14-20/h8-9,13-16,22H,10-12,17-19H2,1-7H3/t22-/m0/s1. The molecule has 0 radical (unpaired) electrons. The number of carbonyl (C=O) groups excluding carboxylic acids is 3. The van der Waals surface area contributed by atoms with E-state index in [1.54, 1.807) is 32.8 Å². The predicted octanol–water partition coefficient (Wildman–Crippen LogP) is 5.23. The van der Waals surface area contributed by atoms with Crippen LogP contribution in [0.1, 0.15) is 45.6 Å². The van der Waals surface area contributed by atoms with Crippen LogP contribution in [0.4, 0.5) is 4.79 Å². The third-order valence-electron chi connectivity index (χ3n) is 5.39. The number of methoxy groups -OCH3 is 1. The van der Waals surface area contributed by atoms with Crippen molar-refractivity contribution in [2.24, 2.45) is 0 Å². The number of allylic oxidation sites excluding steroid dienone is 1. The molecule has 1 aromatic carbocycles. The smallest absolute Gasteiger partial charge is 0.417 e. The zero-order chi connectivity index (χ0) is 25.5. The molecular formula is C26H40N2O5Si. The molecule has 7 nitrogen and oxygen atoms in total. The normalized spacial score (nSPS) is 17.1. The molecule has 1 heterocycles. The second kappa shape index (κ2) is 11.7. The van der Waals surface area contributed by atoms with Gasteiger partial charge < -0.3 is 14.4 Å². The number of carbonyl (C=O) groups is 3. The van der Waals surface area contributed by atoms with Gasteiger partial charge in [-0.25, -0.2) is 9.69 Å². The number of piperidine rings is 1. The molecule has 1 aliphatic heterocycles. The van der Waals surface area contributed by atoms with Gasteiger partial charge in [0.15, 0.2) is 0 Å². The first-order valence-corrected chi connectivity index (χ1v) is 15.6. The first-order valence-electron chi connectivity index (χ1n) is 11.9. The summed E-state index contributed by atoms with van der Waals surface area (Å²) in [5.74, 6) is 0.135. The van der Waals surface area contributed by atoms with Crippen molar-refractivity contribution in [3.63, 3.8) is 0 Å². The molecule has 0 N–H and O–H groups in total. The number of hydrogen-bond donors (Lipinski definition) is 0. The van der Waals surface area contributed by atoms with E-state index < -0.39 is 25.8 Å². The number of rotatable bonds is 8. The van der Waals surface area contributed by atoms with E-state index in [1.165, 1.54) is 0 Å². The Morgan fingerprint density at radius 3 is 2.35 bits per heavy atom. The van der Waals surface area contributed by atoms with Crippen LogP contribution in [-0.4, -0.2) is 61.1 Å². The molecule has 1 aliphatic rings. The fourth-order valence-corrected chi connectivity index (χ4v) is 4.55. The van der Waals surface area contributed by atoms with Crippen molar-refractivity contribution in [2.45, 2.75) is 83.9 Å². The number of imide groups is 1. The summed E-state index contributed by atoms with van der Waals surface area (Å²) < 4.78 is 10.7. The van der Waals surface area contributed by atoms with Gasteiger partial charge in [-0.05, 0) is 57.4 Å². The van der Waals surface area contributed by atoms with Gasteiger partial charge in [-0.15, -0.1) is 0 Å². The van der Waals surface area contributed by atoms with Crippen LogP contribution in [0.15, 0.2) is 36.4 Å². The Morgan fingerprint density at radius 1 is 1.15 bits per heavy atom. The molecule has 0 aliphatic carbocycles. The molecule has 1 fully saturated rings. The van der Waals surface area contributed by atoms with Gasteiger partial charge in [0, 0.05) is 27.6 Å². The van der Waals surface area contributed by atoms with E-state index in [9.17, 15) is 14.4 Å². The molecule has 0 bridgehead atoms. The minimum Gasteiger partial charge on any atom is -0.497 e. The van der Waals surface area contributed by atoms with Crippen molar-refractivity contribution in [3.8, 4) is 5.75 Å². The van der Waals surface area contributed by atoms with Crippen LogP contribution in [0.25, 0.3) is 0 Å². The second-order valence-corrected chi connectivity index (χ2v) is 16.5. The van der Waals surface area contributed by atoms with Gasteiger partial charge in [-0.3, -0.25) is 9.59 Å². The van der Waals surface area contributed by atoms with Crippen LogP contribution < -0.4 is 4.74 Å². The summed E-state index contributed by atoms with van der Waals surface area (Å²) in [4.78, 5) is 42.0. The van der Waals surface area contributed by atoms with E-state index in [1.807, 2.05) is 30.3 Å². The molecule has 1 atom stereocenters. The molecule has 188 valence electrons. The van der Waals surface area contributed by atoms with Gasteiger partial charge in [0.1, 0.15) is 17.4 Å². The van der Waals surface area contributed by atoms with Crippen LogP contribution in [0.2, 0.25) is 25.7 Å². The topological polar surface area (TPSA) is 76.2 Å². The van der Waals surface area contributed by atoms with Gasteiger partial charge in [-0.2, -0.15) is 0 Å². The van der Waals surface area contributed by atoms with Crippen LogP contribution in [0.5, 0.6) is 5.75 Å². The van der Waals surface area contributed by atoms with Gasteiger partial charge >= 0.3 is 6.09 Å². The molecule has 34 heavy (non-hydrogen) atoms. The van der Waals surface area contributed by atoms with Gasteiger partial charge in [0.25, 0.3) is 0 Å². The lowest BCUT2D eigenvalue weighted by Gasteiger charge is -2.36. The molecule has 1 aromatic rings. The van der Waals surface area contributed by atoms with Crippen LogP contribution in [0, 0.1) is 0 Å². The summed E-state index contributed by atoms with van der Waals surface area (Å²) in [6, 6.07) is 7.71. The molecule has 0 aromatic heterocycles. The van der Waals surface area contributed by atoms with E-state index >= 15 is 0 Å². The first-order chi connectivity index (χ1) is 15.8. The highest BCUT2D eigenvalue weighted by atomic mass is 28.3. The third-order valence-corrected chi connectivity index (χ3v) is 6.85. The van der Waals surface area contributed by atoms with Crippen molar-refractivity contribution in [3.05, 3.63) is 42.0 Å². The van der Waals surface area contributed by atoms with E-state index in [-0.39, 0.29) is 18.2 Å². The quantitative estimate of drug-likeness (QED) is 0.370. The largest absolute Gasteiger partial charge is 0.497 e. The Hall–Kier alpha value is -2.61. The Balaban J connectivity index is 2.28. The first kappa shape index (κ1) is 27.6. The number of amides is 3. The molecule has 2 rings (SSSR count). The predicted molar refractivity (Wildman–Crippen MR) is 136 cm³/mol. The van der Waals surface area contributed by atoms with E-state index in [0.717, 1.165) is 22.3 Å². The monoisotopic (exact) mass is 488 g/mol. The highest BCUT2D eigenvalue weighted by Crippen LogP contribution is 2.24. The summed E-state index contributed by atoms with van der Waals surface area (Å²) in [5.41, 5.74) is 0.184. The van der Waals surface area contributed by atoms with E-state index in [2.05, 4.69) is 25.7 Å². The van der Waals surface area contributed by atoms with Crippen molar-refractivity contribution in [1.82, 2.24) is 9.80 Å². The van der Waals surface area contributed by atoms with Crippen molar-refractivity contribution >= 4 is 26.0 Å². The fraction of sp³-hybridized carbons (Fsp3) is 0.577. The SMILES string of the molecule is COc1ccc(CN(CC=CC[Si](C)(C)C)C(=O)[C@@H]2CCCC(=O)N2C(=O)OC(C)(C)C)cc1. The zero-order valence-electron chi connectivity index (χ0n) is 21.7. The molecule has 0 unspecified atom stereocenters. The molecule has 0 saturated carbocycles. The van der Waals surface area contributed by atoms with E-state index in [0.29, 0.717) is 25.9 Å². The number of hydrogen-bond acceptors (Lipinski definition) is 5. The molecule has 3 amide bonds. The Morgan fingerprint density at radius 2 is 1.79 bits per heavy atom. The molecule has 0 spiro atoms. The zero-order valence-corrected chi connectivity index (χ0v) is 22.7.